The molecule has 0 heterocycles. The van der Waals surface area contributed by atoms with Crippen LogP contribution in [0.25, 0.3) is 0 Å². The van der Waals surface area contributed by atoms with Gasteiger partial charge in [-0.05, 0) is 60.6 Å². The molecule has 22 heavy (non-hydrogen) atoms. The van der Waals surface area contributed by atoms with Crippen molar-refractivity contribution in [2.75, 3.05) is 0 Å². The number of hydrogen-bond acceptors (Lipinski definition) is 4. The van der Waals surface area contributed by atoms with Gasteiger partial charge in [-0.1, -0.05) is 25.5 Å². The molecule has 0 saturated carbocycles. The van der Waals surface area contributed by atoms with E-state index in [1.165, 1.54) is 0 Å². The van der Waals surface area contributed by atoms with E-state index >= 15 is 0 Å². The molecule has 0 spiro atoms. The summed E-state index contributed by atoms with van der Waals surface area (Å²) in [5.41, 5.74) is 2.56. The van der Waals surface area contributed by atoms with E-state index in [-0.39, 0.29) is 6.10 Å². The van der Waals surface area contributed by atoms with Crippen molar-refractivity contribution in [1.82, 2.24) is 0 Å². The highest BCUT2D eigenvalue weighted by Gasteiger charge is 2.15. The Morgan fingerprint density at radius 1 is 1.18 bits per heavy atom. The minimum Gasteiger partial charge on any atom is -0.475 e. The summed E-state index contributed by atoms with van der Waals surface area (Å²) in [6, 6.07) is 17.2. The molecule has 0 aliphatic heterocycles. The zero-order chi connectivity index (χ0) is 15.9. The fourth-order valence-electron chi connectivity index (χ4n) is 2.12. The maximum Gasteiger partial charge on any atom is 0.191 e. The molecule has 112 valence electrons. The summed E-state index contributed by atoms with van der Waals surface area (Å²) < 4.78 is 6.00. The van der Waals surface area contributed by atoms with Gasteiger partial charge in [0.15, 0.2) is 5.05 Å². The highest BCUT2D eigenvalue weighted by Crippen LogP contribution is 2.25. The van der Waals surface area contributed by atoms with Gasteiger partial charge in [-0.2, -0.15) is 5.26 Å². The summed E-state index contributed by atoms with van der Waals surface area (Å²) in [5, 5.41) is 9.36. The van der Waals surface area contributed by atoms with Gasteiger partial charge in [-0.3, -0.25) is 0 Å². The average molecular weight is 327 g/mol. The van der Waals surface area contributed by atoms with Crippen LogP contribution in [-0.2, 0) is 4.74 Å². The Bertz CT molecular complexity index is 672. The van der Waals surface area contributed by atoms with Crippen molar-refractivity contribution in [2.45, 2.75) is 30.8 Å². The molecule has 0 amide bonds. The smallest absolute Gasteiger partial charge is 0.191 e. The predicted molar refractivity (Wildman–Crippen MR) is 95.3 cm³/mol. The molecule has 1 atom stereocenters. The number of ether oxygens (including phenoxy) is 1. The highest BCUT2D eigenvalue weighted by atomic mass is 32.1. The lowest BCUT2D eigenvalue weighted by Gasteiger charge is -2.19. The molecule has 2 rings (SSSR count). The molecule has 0 aliphatic rings. The summed E-state index contributed by atoms with van der Waals surface area (Å²) in [7, 11) is 0. The van der Waals surface area contributed by atoms with Crippen LogP contribution >= 0.6 is 24.8 Å². The van der Waals surface area contributed by atoms with Crippen LogP contribution in [-0.4, -0.2) is 5.05 Å². The maximum atomic E-state index is 8.88. The summed E-state index contributed by atoms with van der Waals surface area (Å²) >= 11 is 9.67. The average Bonchev–Trinajstić information content (AvgIpc) is 2.55. The first-order valence-corrected chi connectivity index (χ1v) is 7.99. The van der Waals surface area contributed by atoms with Crippen molar-refractivity contribution < 1.29 is 4.74 Å². The van der Waals surface area contributed by atoms with Gasteiger partial charge in [0.05, 0.1) is 11.6 Å². The molecule has 2 aromatic rings. The Balaban J connectivity index is 2.15. The van der Waals surface area contributed by atoms with Crippen LogP contribution in [0.15, 0.2) is 53.4 Å². The second kappa shape index (κ2) is 7.98. The minimum atomic E-state index is -0.0964. The normalized spacial score (nSPS) is 11.5. The quantitative estimate of drug-likeness (QED) is 0.614. The number of hydrogen-bond donors (Lipinski definition) is 1. The molecule has 0 fully saturated rings. The molecule has 0 bridgehead atoms. The largest absolute Gasteiger partial charge is 0.475 e. The lowest BCUT2D eigenvalue weighted by molar-refractivity contribution is 0.187. The van der Waals surface area contributed by atoms with Crippen LogP contribution in [0.1, 0.15) is 42.6 Å². The van der Waals surface area contributed by atoms with Crippen LogP contribution in [0.5, 0.6) is 0 Å². The van der Waals surface area contributed by atoms with Gasteiger partial charge in [-0.15, -0.1) is 12.6 Å². The van der Waals surface area contributed by atoms with Crippen molar-refractivity contribution in [3.63, 3.8) is 0 Å². The van der Waals surface area contributed by atoms with Crippen LogP contribution < -0.4 is 0 Å². The van der Waals surface area contributed by atoms with Crippen LogP contribution in [0.4, 0.5) is 0 Å². The van der Waals surface area contributed by atoms with Crippen molar-refractivity contribution >= 4 is 29.9 Å². The van der Waals surface area contributed by atoms with Crippen molar-refractivity contribution in [3.8, 4) is 6.07 Å². The number of thiocarbonyl (C=S) groups is 1. The van der Waals surface area contributed by atoms with Gasteiger partial charge >= 0.3 is 0 Å². The topological polar surface area (TPSA) is 33.0 Å². The number of nitrogens with zero attached hydrogens (tertiary/aromatic N) is 1. The third-order valence-electron chi connectivity index (χ3n) is 3.31. The summed E-state index contributed by atoms with van der Waals surface area (Å²) in [6.07, 6.45) is 1.76. The Hall–Kier alpha value is -1.83. The van der Waals surface area contributed by atoms with E-state index < -0.39 is 0 Å². The monoisotopic (exact) mass is 327 g/mol. The first kappa shape index (κ1) is 16.5. The first-order valence-electron chi connectivity index (χ1n) is 7.14. The molecule has 2 aromatic carbocycles. The summed E-state index contributed by atoms with van der Waals surface area (Å²) in [6.45, 7) is 2.11. The third-order valence-corrected chi connectivity index (χ3v) is 3.94. The van der Waals surface area contributed by atoms with E-state index in [2.05, 4.69) is 25.6 Å². The number of thiol groups is 1. The number of benzene rings is 2. The van der Waals surface area contributed by atoms with E-state index in [1.54, 1.807) is 12.1 Å². The van der Waals surface area contributed by atoms with Crippen molar-refractivity contribution in [2.24, 2.45) is 0 Å². The Morgan fingerprint density at radius 2 is 1.82 bits per heavy atom. The van der Waals surface area contributed by atoms with Crippen LogP contribution in [0.3, 0.4) is 0 Å². The lowest BCUT2D eigenvalue weighted by atomic mass is 10.0. The molecule has 2 nitrogen and oxygen atoms in total. The van der Waals surface area contributed by atoms with Crippen LogP contribution in [0, 0.1) is 11.3 Å². The fraction of sp³-hybridized carbons (Fsp3) is 0.222. The summed E-state index contributed by atoms with van der Waals surface area (Å²) in [5.74, 6) is 0. The van der Waals surface area contributed by atoms with E-state index in [9.17, 15) is 0 Å². The Kier molecular flexibility index (Phi) is 6.00. The summed E-state index contributed by atoms with van der Waals surface area (Å²) in [4.78, 5) is 0.892. The van der Waals surface area contributed by atoms with Gasteiger partial charge in [0, 0.05) is 10.5 Å². The molecular weight excluding hydrogens is 310 g/mol. The van der Waals surface area contributed by atoms with Gasteiger partial charge < -0.3 is 4.74 Å². The molecule has 0 aromatic heterocycles. The molecule has 0 N–H and O–H groups in total. The first-order chi connectivity index (χ1) is 10.6. The van der Waals surface area contributed by atoms with E-state index in [4.69, 9.17) is 22.2 Å². The number of nitriles is 1. The standard InChI is InChI=1S/C18H17NOS2/c1-2-3-17(14-6-4-13(12-19)5-7-14)20-18(22)15-8-10-16(21)11-9-15/h4-11,17,21H,2-3H2,1H3. The predicted octanol–water partition coefficient (Wildman–Crippen LogP) is 5.08. The van der Waals surface area contributed by atoms with Gasteiger partial charge in [0.2, 0.25) is 0 Å². The second-order valence-corrected chi connectivity index (χ2v) is 5.85. The number of rotatable bonds is 5. The molecule has 0 radical (unpaired) electrons. The second-order valence-electron chi connectivity index (χ2n) is 4.96. The molecule has 4 heteroatoms. The molecule has 0 aliphatic carbocycles. The Labute approximate surface area is 142 Å². The Morgan fingerprint density at radius 3 is 2.36 bits per heavy atom. The van der Waals surface area contributed by atoms with E-state index in [1.807, 2.05) is 36.4 Å². The van der Waals surface area contributed by atoms with E-state index in [0.717, 1.165) is 28.9 Å². The fourth-order valence-corrected chi connectivity index (χ4v) is 2.52. The SMILES string of the molecule is CCCC(OC(=S)c1ccc(S)cc1)c1ccc(C#N)cc1. The third kappa shape index (κ3) is 4.33. The van der Waals surface area contributed by atoms with Crippen LogP contribution in [0.2, 0.25) is 0 Å². The van der Waals surface area contributed by atoms with Crippen molar-refractivity contribution in [3.05, 3.63) is 65.2 Å². The molecule has 0 saturated heterocycles. The van der Waals surface area contributed by atoms with Crippen molar-refractivity contribution in [1.29, 1.82) is 5.26 Å². The van der Waals surface area contributed by atoms with E-state index in [0.29, 0.717) is 10.6 Å². The zero-order valence-electron chi connectivity index (χ0n) is 12.3. The minimum absolute atomic E-state index is 0.0964. The highest BCUT2D eigenvalue weighted by molar-refractivity contribution is 7.80. The van der Waals surface area contributed by atoms with Gasteiger partial charge in [0.25, 0.3) is 0 Å². The van der Waals surface area contributed by atoms with Gasteiger partial charge in [-0.25, -0.2) is 0 Å². The maximum absolute atomic E-state index is 8.88. The zero-order valence-corrected chi connectivity index (χ0v) is 14.0. The lowest BCUT2D eigenvalue weighted by Crippen LogP contribution is -2.11. The molecule has 1 unspecified atom stereocenters. The van der Waals surface area contributed by atoms with Gasteiger partial charge in [0.1, 0.15) is 6.10 Å². The molecular formula is C18H17NOS2.